The third-order valence-electron chi connectivity index (χ3n) is 6.90. The maximum absolute atomic E-state index is 13.1. The van der Waals surface area contributed by atoms with Crippen molar-refractivity contribution < 1.29 is 9.59 Å². The Hall–Kier alpha value is -4.79. The fraction of sp³-hybridized carbons (Fsp3) is 0.258. The van der Waals surface area contributed by atoms with Gasteiger partial charge in [0.1, 0.15) is 5.82 Å². The number of H-pyrrole nitrogens is 1. The van der Waals surface area contributed by atoms with Crippen LogP contribution in [0.5, 0.6) is 0 Å². The first kappa shape index (κ1) is 26.8. The van der Waals surface area contributed by atoms with Crippen molar-refractivity contribution in [3.63, 3.8) is 0 Å². The van der Waals surface area contributed by atoms with Gasteiger partial charge in [0.05, 0.1) is 35.6 Å². The number of amides is 2. The number of fused-ring (bicyclic) bond motifs is 1. The minimum atomic E-state index is -0.280. The molecule has 0 aliphatic rings. The van der Waals surface area contributed by atoms with Gasteiger partial charge < -0.3 is 15.6 Å². The number of aromatic nitrogens is 5. The summed E-state index contributed by atoms with van der Waals surface area (Å²) < 4.78 is 1.81. The molecule has 3 aromatic heterocycles. The van der Waals surface area contributed by atoms with E-state index in [1.165, 1.54) is 0 Å². The molecule has 1 atom stereocenters. The van der Waals surface area contributed by atoms with Crippen molar-refractivity contribution >= 4 is 22.7 Å². The van der Waals surface area contributed by atoms with Crippen molar-refractivity contribution in [2.24, 2.45) is 0 Å². The van der Waals surface area contributed by atoms with Gasteiger partial charge >= 0.3 is 0 Å². The average Bonchev–Trinajstić information content (AvgIpc) is 3.70. The molecule has 0 saturated heterocycles. The van der Waals surface area contributed by atoms with Crippen molar-refractivity contribution in [2.75, 3.05) is 7.05 Å². The number of carbonyl (C=O) groups excluding carboxylic acids is 2. The van der Waals surface area contributed by atoms with Crippen LogP contribution in [-0.4, -0.2) is 43.6 Å². The highest BCUT2D eigenvalue weighted by Crippen LogP contribution is 2.24. The highest BCUT2D eigenvalue weighted by molar-refractivity contribution is 5.82. The lowest BCUT2D eigenvalue weighted by Crippen LogP contribution is -2.30. The van der Waals surface area contributed by atoms with E-state index >= 15 is 0 Å². The molecule has 2 amide bonds. The normalized spacial score (nSPS) is 11.8. The Kier molecular flexibility index (Phi) is 8.60. The van der Waals surface area contributed by atoms with Crippen LogP contribution in [0.1, 0.15) is 49.5 Å². The first-order valence-electron chi connectivity index (χ1n) is 13.6. The molecule has 0 radical (unpaired) electrons. The number of carbonyl (C=O) groups is 2. The fourth-order valence-corrected chi connectivity index (χ4v) is 4.73. The second-order valence-corrected chi connectivity index (χ2v) is 9.79. The Morgan fingerprint density at radius 3 is 2.60 bits per heavy atom. The Balaban J connectivity index is 1.27. The number of benzene rings is 2. The number of nitrogens with zero attached hydrogens (tertiary/aromatic N) is 4. The number of unbranched alkanes of at least 4 members (excludes halogenated alkanes) is 2. The van der Waals surface area contributed by atoms with Gasteiger partial charge in [0.2, 0.25) is 11.8 Å². The Labute approximate surface area is 233 Å². The SMILES string of the molecule is CNC(=O)CCCCC[C@H](NC(=O)Cc1cnc2ccccc2c1)c1ncc(-c2ccc(-n3cccn3)cc2)[nH]1. The van der Waals surface area contributed by atoms with Gasteiger partial charge in [0, 0.05) is 37.4 Å². The molecule has 3 N–H and O–H groups in total. The summed E-state index contributed by atoms with van der Waals surface area (Å²) in [5, 5.41) is 11.1. The molecule has 0 aliphatic heterocycles. The lowest BCUT2D eigenvalue weighted by Gasteiger charge is -2.17. The molecule has 5 aromatic rings. The van der Waals surface area contributed by atoms with E-state index in [-0.39, 0.29) is 24.3 Å². The summed E-state index contributed by atoms with van der Waals surface area (Å²) >= 11 is 0. The second-order valence-electron chi connectivity index (χ2n) is 9.79. The standard InChI is InChI=1S/C31H33N7O2/c1-32-29(39)11-4-2-3-10-27(36-30(40)19-22-18-24-8-5-6-9-26(24)33-20-22)31-34-21-28(37-31)23-12-14-25(15-13-23)38-17-7-16-35-38/h5-9,12-18,20-21,27H,2-4,10-11,19H2,1H3,(H,32,39)(H,34,37)(H,36,40)/t27-/m0/s1. The molecule has 0 bridgehead atoms. The minimum absolute atomic E-state index is 0.0445. The van der Waals surface area contributed by atoms with E-state index in [9.17, 15) is 9.59 Å². The lowest BCUT2D eigenvalue weighted by molar-refractivity contribution is -0.121. The monoisotopic (exact) mass is 535 g/mol. The van der Waals surface area contributed by atoms with Crippen LogP contribution in [0, 0.1) is 0 Å². The molecule has 9 nitrogen and oxygen atoms in total. The van der Waals surface area contributed by atoms with Crippen molar-refractivity contribution in [3.8, 4) is 16.9 Å². The number of pyridine rings is 1. The van der Waals surface area contributed by atoms with Gasteiger partial charge in [-0.25, -0.2) is 9.67 Å². The highest BCUT2D eigenvalue weighted by Gasteiger charge is 2.19. The molecule has 40 heavy (non-hydrogen) atoms. The largest absolute Gasteiger partial charge is 0.359 e. The summed E-state index contributed by atoms with van der Waals surface area (Å²) in [6.45, 7) is 0. The van der Waals surface area contributed by atoms with Gasteiger partial charge in [-0.15, -0.1) is 0 Å². The summed E-state index contributed by atoms with van der Waals surface area (Å²) in [6.07, 6.45) is 11.2. The summed E-state index contributed by atoms with van der Waals surface area (Å²) in [4.78, 5) is 37.2. The van der Waals surface area contributed by atoms with E-state index in [4.69, 9.17) is 0 Å². The molecular formula is C31H33N7O2. The van der Waals surface area contributed by atoms with Gasteiger partial charge in [-0.3, -0.25) is 14.6 Å². The fourth-order valence-electron chi connectivity index (χ4n) is 4.73. The number of rotatable bonds is 12. The van der Waals surface area contributed by atoms with Gasteiger partial charge in [0.25, 0.3) is 0 Å². The Morgan fingerprint density at radius 1 is 0.950 bits per heavy atom. The van der Waals surface area contributed by atoms with Crippen LogP contribution in [0.4, 0.5) is 0 Å². The summed E-state index contributed by atoms with van der Waals surface area (Å²) in [5.41, 5.74) is 4.60. The predicted octanol–water partition coefficient (Wildman–Crippen LogP) is 4.91. The number of nitrogens with one attached hydrogen (secondary N) is 3. The zero-order valence-electron chi connectivity index (χ0n) is 22.5. The average molecular weight is 536 g/mol. The highest BCUT2D eigenvalue weighted by atomic mass is 16.2. The maximum Gasteiger partial charge on any atom is 0.225 e. The number of imidazole rings is 1. The van der Waals surface area contributed by atoms with Crippen LogP contribution in [0.15, 0.2) is 85.5 Å². The predicted molar refractivity (Wildman–Crippen MR) is 155 cm³/mol. The summed E-state index contributed by atoms with van der Waals surface area (Å²) in [5.74, 6) is 0.666. The number of hydrogen-bond donors (Lipinski definition) is 3. The molecule has 0 saturated carbocycles. The topological polar surface area (TPSA) is 118 Å². The number of aromatic amines is 1. The molecule has 0 unspecified atom stereocenters. The minimum Gasteiger partial charge on any atom is -0.359 e. The maximum atomic E-state index is 13.1. The van der Waals surface area contributed by atoms with Crippen LogP contribution in [0.3, 0.4) is 0 Å². The van der Waals surface area contributed by atoms with E-state index in [2.05, 4.69) is 30.7 Å². The van der Waals surface area contributed by atoms with Gasteiger partial charge in [0.15, 0.2) is 0 Å². The molecule has 204 valence electrons. The van der Waals surface area contributed by atoms with Gasteiger partial charge in [-0.2, -0.15) is 5.10 Å². The molecule has 9 heteroatoms. The van der Waals surface area contributed by atoms with E-state index in [1.54, 1.807) is 25.6 Å². The van der Waals surface area contributed by atoms with Crippen LogP contribution in [0.2, 0.25) is 0 Å². The van der Waals surface area contributed by atoms with Crippen LogP contribution >= 0.6 is 0 Å². The third-order valence-corrected chi connectivity index (χ3v) is 6.90. The van der Waals surface area contributed by atoms with E-state index < -0.39 is 0 Å². The Bertz CT molecular complexity index is 1560. The van der Waals surface area contributed by atoms with Crippen molar-refractivity contribution in [1.82, 2.24) is 35.4 Å². The zero-order valence-corrected chi connectivity index (χ0v) is 22.5. The molecule has 0 spiro atoms. The van der Waals surface area contributed by atoms with E-state index in [0.717, 1.165) is 52.7 Å². The van der Waals surface area contributed by atoms with Gasteiger partial charge in [-0.1, -0.05) is 43.2 Å². The van der Waals surface area contributed by atoms with Crippen molar-refractivity contribution in [3.05, 3.63) is 96.8 Å². The van der Waals surface area contributed by atoms with Crippen LogP contribution in [-0.2, 0) is 16.0 Å². The first-order chi connectivity index (χ1) is 19.6. The van der Waals surface area contributed by atoms with E-state index in [0.29, 0.717) is 18.7 Å². The first-order valence-corrected chi connectivity index (χ1v) is 13.6. The Morgan fingerprint density at radius 2 is 1.80 bits per heavy atom. The molecular weight excluding hydrogens is 502 g/mol. The molecule has 0 fully saturated rings. The molecule has 5 rings (SSSR count). The van der Waals surface area contributed by atoms with Crippen LogP contribution in [0.25, 0.3) is 27.8 Å². The summed E-state index contributed by atoms with van der Waals surface area (Å²) in [7, 11) is 1.65. The van der Waals surface area contributed by atoms with Crippen molar-refractivity contribution in [1.29, 1.82) is 0 Å². The zero-order chi connectivity index (χ0) is 27.7. The summed E-state index contributed by atoms with van der Waals surface area (Å²) in [6, 6.07) is 19.5. The third kappa shape index (κ3) is 6.79. The lowest BCUT2D eigenvalue weighted by atomic mass is 10.1. The number of para-hydroxylation sites is 1. The molecule has 0 aliphatic carbocycles. The smallest absolute Gasteiger partial charge is 0.225 e. The second kappa shape index (κ2) is 12.8. The molecule has 3 heterocycles. The number of hydrogen-bond acceptors (Lipinski definition) is 5. The quantitative estimate of drug-likeness (QED) is 0.196. The van der Waals surface area contributed by atoms with Crippen molar-refractivity contribution in [2.45, 2.75) is 44.6 Å². The van der Waals surface area contributed by atoms with Gasteiger partial charge in [-0.05, 0) is 54.3 Å². The molecule has 2 aromatic carbocycles. The van der Waals surface area contributed by atoms with E-state index in [1.807, 2.05) is 71.5 Å². The van der Waals surface area contributed by atoms with Crippen LogP contribution < -0.4 is 10.6 Å².